The zero-order chi connectivity index (χ0) is 23.3. The van der Waals surface area contributed by atoms with Crippen LogP contribution in [0.2, 0.25) is 0 Å². The van der Waals surface area contributed by atoms with Gasteiger partial charge in [0, 0.05) is 6.42 Å². The minimum atomic E-state index is -1.33. The van der Waals surface area contributed by atoms with E-state index in [0.29, 0.717) is 0 Å². The van der Waals surface area contributed by atoms with Crippen LogP contribution in [0.15, 0.2) is 60.7 Å². The van der Waals surface area contributed by atoms with Gasteiger partial charge < -0.3 is 15.2 Å². The topological polar surface area (TPSA) is 110 Å². The van der Waals surface area contributed by atoms with Gasteiger partial charge in [-0.15, -0.1) is 0 Å². The lowest BCUT2D eigenvalue weighted by Crippen LogP contribution is -2.46. The van der Waals surface area contributed by atoms with Crippen LogP contribution in [0.3, 0.4) is 0 Å². The van der Waals surface area contributed by atoms with Gasteiger partial charge in [-0.3, -0.25) is 14.4 Å². The molecule has 0 radical (unpaired) electrons. The number of alkyl carbamates (subject to hydrolysis) is 1. The number of rotatable bonds is 13. The molecule has 2 aromatic carbocycles. The van der Waals surface area contributed by atoms with E-state index in [9.17, 15) is 24.3 Å². The van der Waals surface area contributed by atoms with Crippen molar-refractivity contribution in [3.05, 3.63) is 71.8 Å². The standard InChI is InChI=1S/C24H26BrNO6/c25-15-19(27)12-7-13-20(23(29)30)22(28)21(14-17-8-3-1-4-9-17)26-24(31)32-16-18-10-5-2-6-11-18/h1-6,8-11,20-21H,7,12-16H2,(H,26,31)(H,29,30)/t20?,21-/m0/s1. The van der Waals surface area contributed by atoms with Crippen LogP contribution >= 0.6 is 15.9 Å². The monoisotopic (exact) mass is 503 g/mol. The first kappa shape index (κ1) is 25.3. The molecule has 0 saturated carbocycles. The molecule has 0 aliphatic rings. The third-order valence-corrected chi connectivity index (χ3v) is 5.50. The molecule has 0 spiro atoms. The summed E-state index contributed by atoms with van der Waals surface area (Å²) in [5.41, 5.74) is 1.56. The number of carboxylic acid groups (broad SMARTS) is 1. The van der Waals surface area contributed by atoms with Gasteiger partial charge in [-0.1, -0.05) is 76.6 Å². The number of benzene rings is 2. The van der Waals surface area contributed by atoms with Gasteiger partial charge in [0.05, 0.1) is 11.4 Å². The van der Waals surface area contributed by atoms with Crippen molar-refractivity contribution in [2.24, 2.45) is 5.92 Å². The van der Waals surface area contributed by atoms with E-state index in [4.69, 9.17) is 4.74 Å². The molecule has 1 amide bonds. The average molecular weight is 504 g/mol. The fraction of sp³-hybridized carbons (Fsp3) is 0.333. The van der Waals surface area contributed by atoms with E-state index in [2.05, 4.69) is 21.2 Å². The van der Waals surface area contributed by atoms with Crippen LogP contribution in [0, 0.1) is 5.92 Å². The zero-order valence-corrected chi connectivity index (χ0v) is 19.1. The quantitative estimate of drug-likeness (QED) is 0.316. The molecule has 2 N–H and O–H groups in total. The molecule has 32 heavy (non-hydrogen) atoms. The van der Waals surface area contributed by atoms with Gasteiger partial charge in [-0.25, -0.2) is 4.79 Å². The van der Waals surface area contributed by atoms with Crippen molar-refractivity contribution in [1.82, 2.24) is 5.32 Å². The largest absolute Gasteiger partial charge is 0.481 e. The van der Waals surface area contributed by atoms with Gasteiger partial charge in [0.25, 0.3) is 0 Å². The van der Waals surface area contributed by atoms with Crippen molar-refractivity contribution < 1.29 is 29.0 Å². The Bertz CT molecular complexity index is 903. The molecule has 0 aliphatic carbocycles. The van der Waals surface area contributed by atoms with Crippen molar-refractivity contribution >= 4 is 39.6 Å². The minimum absolute atomic E-state index is 0.0128. The summed E-state index contributed by atoms with van der Waals surface area (Å²) in [7, 11) is 0. The van der Waals surface area contributed by atoms with Gasteiger partial charge in [0.15, 0.2) is 5.78 Å². The first-order chi connectivity index (χ1) is 15.4. The number of amides is 1. The van der Waals surface area contributed by atoms with Crippen LogP contribution in [0.25, 0.3) is 0 Å². The Morgan fingerprint density at radius 2 is 1.53 bits per heavy atom. The van der Waals surface area contributed by atoms with Gasteiger partial charge in [-0.05, 0) is 30.4 Å². The van der Waals surface area contributed by atoms with Crippen LogP contribution in [0.1, 0.15) is 30.4 Å². The lowest BCUT2D eigenvalue weighted by Gasteiger charge is -2.21. The number of ether oxygens (including phenoxy) is 1. The fourth-order valence-corrected chi connectivity index (χ4v) is 3.46. The molecule has 2 atom stereocenters. The van der Waals surface area contributed by atoms with E-state index in [0.717, 1.165) is 11.1 Å². The molecule has 0 fully saturated rings. The van der Waals surface area contributed by atoms with E-state index >= 15 is 0 Å². The average Bonchev–Trinajstić information content (AvgIpc) is 2.80. The molecule has 0 aromatic heterocycles. The molecular formula is C24H26BrNO6. The predicted octanol–water partition coefficient (Wildman–Crippen LogP) is 3.93. The number of nitrogens with one attached hydrogen (secondary N) is 1. The summed E-state index contributed by atoms with van der Waals surface area (Å²) in [6.07, 6.45) is -0.216. The van der Waals surface area contributed by atoms with Crippen molar-refractivity contribution in [3.8, 4) is 0 Å². The van der Waals surface area contributed by atoms with Gasteiger partial charge in [-0.2, -0.15) is 0 Å². The molecule has 7 nitrogen and oxygen atoms in total. The van der Waals surface area contributed by atoms with Crippen LogP contribution < -0.4 is 5.32 Å². The number of halogens is 1. The zero-order valence-electron chi connectivity index (χ0n) is 17.5. The van der Waals surface area contributed by atoms with E-state index in [-0.39, 0.29) is 43.4 Å². The van der Waals surface area contributed by atoms with Crippen molar-refractivity contribution in [2.45, 2.75) is 38.3 Å². The number of carboxylic acids is 1. The Balaban J connectivity index is 2.09. The van der Waals surface area contributed by atoms with Gasteiger partial charge in [0.1, 0.15) is 18.3 Å². The fourth-order valence-electron chi connectivity index (χ4n) is 3.18. The highest BCUT2D eigenvalue weighted by molar-refractivity contribution is 9.09. The summed E-state index contributed by atoms with van der Waals surface area (Å²) in [6.45, 7) is 0.0237. The van der Waals surface area contributed by atoms with Gasteiger partial charge >= 0.3 is 12.1 Å². The normalized spacial score (nSPS) is 12.4. The van der Waals surface area contributed by atoms with Crippen LogP contribution in [0.5, 0.6) is 0 Å². The van der Waals surface area contributed by atoms with Crippen LogP contribution in [-0.2, 0) is 32.1 Å². The molecule has 8 heteroatoms. The summed E-state index contributed by atoms with van der Waals surface area (Å²) in [5.74, 6) is -3.30. The summed E-state index contributed by atoms with van der Waals surface area (Å²) < 4.78 is 5.21. The smallest absolute Gasteiger partial charge is 0.408 e. The lowest BCUT2D eigenvalue weighted by atomic mass is 9.89. The molecule has 0 saturated heterocycles. The highest BCUT2D eigenvalue weighted by atomic mass is 79.9. The van der Waals surface area contributed by atoms with E-state index in [1.54, 1.807) is 36.4 Å². The Morgan fingerprint density at radius 3 is 2.09 bits per heavy atom. The molecule has 170 valence electrons. The maximum absolute atomic E-state index is 13.1. The highest BCUT2D eigenvalue weighted by Crippen LogP contribution is 2.16. The number of hydrogen-bond donors (Lipinski definition) is 2. The Kier molecular flexibility index (Phi) is 10.6. The molecule has 2 aromatic rings. The number of Topliss-reactive ketones (excluding diaryl/α,β-unsaturated/α-hetero) is 2. The number of hydrogen-bond acceptors (Lipinski definition) is 5. The van der Waals surface area contributed by atoms with E-state index in [1.807, 2.05) is 24.3 Å². The first-order valence-corrected chi connectivity index (χ1v) is 11.4. The molecule has 1 unspecified atom stereocenters. The van der Waals surface area contributed by atoms with E-state index < -0.39 is 29.8 Å². The third-order valence-electron chi connectivity index (χ3n) is 4.87. The second-order valence-electron chi connectivity index (χ2n) is 7.31. The number of ketones is 2. The maximum atomic E-state index is 13.1. The summed E-state index contributed by atoms with van der Waals surface area (Å²) in [6, 6.07) is 17.0. The maximum Gasteiger partial charge on any atom is 0.408 e. The van der Waals surface area contributed by atoms with Gasteiger partial charge in [0.2, 0.25) is 0 Å². The number of carbonyl (C=O) groups is 4. The van der Waals surface area contributed by atoms with Crippen molar-refractivity contribution in [2.75, 3.05) is 5.33 Å². The Labute approximate surface area is 195 Å². The summed E-state index contributed by atoms with van der Waals surface area (Å²) >= 11 is 3.06. The van der Waals surface area contributed by atoms with Crippen LogP contribution in [-0.4, -0.2) is 40.1 Å². The molecule has 0 bridgehead atoms. The summed E-state index contributed by atoms with van der Waals surface area (Å²) in [5, 5.41) is 12.3. The molecule has 2 rings (SSSR count). The number of aliphatic carboxylic acids is 1. The third kappa shape index (κ3) is 8.63. The van der Waals surface area contributed by atoms with Crippen molar-refractivity contribution in [3.63, 3.8) is 0 Å². The van der Waals surface area contributed by atoms with Crippen LogP contribution in [0.4, 0.5) is 4.79 Å². The predicted molar refractivity (Wildman–Crippen MR) is 122 cm³/mol. The Morgan fingerprint density at radius 1 is 0.938 bits per heavy atom. The number of alkyl halides is 1. The highest BCUT2D eigenvalue weighted by Gasteiger charge is 2.33. The first-order valence-electron chi connectivity index (χ1n) is 10.3. The SMILES string of the molecule is O=C(CBr)CCCC(C(=O)O)C(=O)[C@H](Cc1ccccc1)NC(=O)OCc1ccccc1. The Hall–Kier alpha value is -3.00. The van der Waals surface area contributed by atoms with E-state index in [1.165, 1.54) is 0 Å². The number of carbonyl (C=O) groups excluding carboxylic acids is 3. The lowest BCUT2D eigenvalue weighted by molar-refractivity contribution is -0.147. The summed E-state index contributed by atoms with van der Waals surface area (Å²) in [4.78, 5) is 48.7. The molecule has 0 aliphatic heterocycles. The minimum Gasteiger partial charge on any atom is -0.481 e. The molecular weight excluding hydrogens is 478 g/mol. The second-order valence-corrected chi connectivity index (χ2v) is 7.87. The molecule has 0 heterocycles. The van der Waals surface area contributed by atoms with Crippen molar-refractivity contribution in [1.29, 1.82) is 0 Å². The second kappa shape index (κ2) is 13.4.